The van der Waals surface area contributed by atoms with Gasteiger partial charge in [0.2, 0.25) is 10.0 Å². The SMILES string of the molecule is O=C(Nc1ccc(C(F)(F)F)cc1)c1ccc(Br)c(S(=O)(=O)N2CCOCC2)c1. The highest BCUT2D eigenvalue weighted by atomic mass is 79.9. The fraction of sp³-hybridized carbons (Fsp3) is 0.278. The zero-order valence-corrected chi connectivity index (χ0v) is 17.3. The van der Waals surface area contributed by atoms with Gasteiger partial charge in [-0.2, -0.15) is 17.5 Å². The van der Waals surface area contributed by atoms with Gasteiger partial charge in [0.15, 0.2) is 0 Å². The van der Waals surface area contributed by atoms with E-state index in [2.05, 4.69) is 21.2 Å². The number of halogens is 4. The van der Waals surface area contributed by atoms with Crippen LogP contribution >= 0.6 is 15.9 Å². The van der Waals surface area contributed by atoms with E-state index in [9.17, 15) is 26.4 Å². The van der Waals surface area contributed by atoms with E-state index in [0.717, 1.165) is 24.3 Å². The molecule has 0 unspecified atom stereocenters. The Morgan fingerprint density at radius 2 is 1.69 bits per heavy atom. The van der Waals surface area contributed by atoms with Gasteiger partial charge in [0.1, 0.15) is 0 Å². The molecule has 0 radical (unpaired) electrons. The maximum absolute atomic E-state index is 12.9. The quantitative estimate of drug-likeness (QED) is 0.705. The number of carbonyl (C=O) groups excluding carboxylic acids is 1. The number of hydrogen-bond donors (Lipinski definition) is 1. The van der Waals surface area contributed by atoms with Gasteiger partial charge in [-0.05, 0) is 58.4 Å². The Kier molecular flexibility index (Phi) is 6.32. The van der Waals surface area contributed by atoms with Crippen molar-refractivity contribution in [3.63, 3.8) is 0 Å². The third-order valence-electron chi connectivity index (χ3n) is 4.25. The Hall–Kier alpha value is -1.95. The highest BCUT2D eigenvalue weighted by Crippen LogP contribution is 2.30. The van der Waals surface area contributed by atoms with Crippen LogP contribution in [0.1, 0.15) is 15.9 Å². The van der Waals surface area contributed by atoms with Crippen LogP contribution in [-0.2, 0) is 20.9 Å². The number of amides is 1. The Balaban J connectivity index is 1.82. The van der Waals surface area contributed by atoms with Crippen molar-refractivity contribution in [3.8, 4) is 0 Å². The van der Waals surface area contributed by atoms with E-state index in [1.807, 2.05) is 0 Å². The minimum atomic E-state index is -4.48. The molecule has 0 bridgehead atoms. The second-order valence-corrected chi connectivity index (χ2v) is 8.95. The highest BCUT2D eigenvalue weighted by molar-refractivity contribution is 9.10. The largest absolute Gasteiger partial charge is 0.416 e. The molecule has 156 valence electrons. The number of carbonyl (C=O) groups is 1. The minimum Gasteiger partial charge on any atom is -0.379 e. The molecule has 1 amide bonds. The zero-order chi connectivity index (χ0) is 21.2. The molecule has 0 atom stereocenters. The predicted octanol–water partition coefficient (Wildman–Crippen LogP) is 3.74. The molecule has 1 aliphatic rings. The van der Waals surface area contributed by atoms with Crippen LogP contribution in [0.2, 0.25) is 0 Å². The summed E-state index contributed by atoms with van der Waals surface area (Å²) < 4.78 is 70.4. The summed E-state index contributed by atoms with van der Waals surface area (Å²) in [7, 11) is -3.84. The van der Waals surface area contributed by atoms with E-state index >= 15 is 0 Å². The average Bonchev–Trinajstić information content (AvgIpc) is 2.68. The van der Waals surface area contributed by atoms with E-state index in [1.54, 1.807) is 0 Å². The van der Waals surface area contributed by atoms with Gasteiger partial charge in [0, 0.05) is 28.8 Å². The first-order chi connectivity index (χ1) is 13.6. The van der Waals surface area contributed by atoms with Crippen molar-refractivity contribution in [1.82, 2.24) is 4.31 Å². The summed E-state index contributed by atoms with van der Waals surface area (Å²) >= 11 is 3.20. The van der Waals surface area contributed by atoms with E-state index in [1.165, 1.54) is 22.5 Å². The summed E-state index contributed by atoms with van der Waals surface area (Å²) in [6, 6.07) is 8.05. The number of sulfonamides is 1. The average molecular weight is 493 g/mol. The highest BCUT2D eigenvalue weighted by Gasteiger charge is 2.30. The van der Waals surface area contributed by atoms with Gasteiger partial charge < -0.3 is 10.1 Å². The molecular weight excluding hydrogens is 477 g/mol. The fourth-order valence-electron chi connectivity index (χ4n) is 2.71. The monoisotopic (exact) mass is 492 g/mol. The van der Waals surface area contributed by atoms with Crippen molar-refractivity contribution >= 4 is 37.5 Å². The van der Waals surface area contributed by atoms with Gasteiger partial charge in [0.05, 0.1) is 23.7 Å². The first-order valence-electron chi connectivity index (χ1n) is 8.45. The number of hydrogen-bond acceptors (Lipinski definition) is 4. The standard InChI is InChI=1S/C18H16BrF3N2O4S/c19-15-6-1-12(11-16(15)29(26,27)24-7-9-28-10-8-24)17(25)23-14-4-2-13(3-5-14)18(20,21)22/h1-6,11H,7-10H2,(H,23,25). The predicted molar refractivity (Wildman–Crippen MR) is 103 cm³/mol. The molecule has 29 heavy (non-hydrogen) atoms. The number of ether oxygens (including phenoxy) is 1. The summed E-state index contributed by atoms with van der Waals surface area (Å²) in [4.78, 5) is 12.4. The summed E-state index contributed by atoms with van der Waals surface area (Å²) in [5, 5.41) is 2.46. The zero-order valence-electron chi connectivity index (χ0n) is 14.9. The topological polar surface area (TPSA) is 75.7 Å². The second-order valence-electron chi connectivity index (χ2n) is 6.19. The molecule has 1 aliphatic heterocycles. The first kappa shape index (κ1) is 21.8. The number of anilines is 1. The van der Waals surface area contributed by atoms with E-state index in [-0.39, 0.29) is 42.4 Å². The van der Waals surface area contributed by atoms with Crippen LogP contribution in [0.15, 0.2) is 51.8 Å². The number of rotatable bonds is 4. The molecule has 0 aromatic heterocycles. The lowest BCUT2D eigenvalue weighted by molar-refractivity contribution is -0.137. The molecule has 1 N–H and O–H groups in total. The van der Waals surface area contributed by atoms with Crippen LogP contribution in [0.5, 0.6) is 0 Å². The molecule has 6 nitrogen and oxygen atoms in total. The summed E-state index contributed by atoms with van der Waals surface area (Å²) in [6.07, 6.45) is -4.48. The molecular formula is C18H16BrF3N2O4S. The lowest BCUT2D eigenvalue weighted by atomic mass is 10.2. The van der Waals surface area contributed by atoms with E-state index in [4.69, 9.17) is 4.74 Å². The van der Waals surface area contributed by atoms with Crippen molar-refractivity contribution in [2.45, 2.75) is 11.1 Å². The lowest BCUT2D eigenvalue weighted by Gasteiger charge is -2.26. The third kappa shape index (κ3) is 4.97. The number of nitrogens with zero attached hydrogens (tertiary/aromatic N) is 1. The molecule has 0 aliphatic carbocycles. The molecule has 11 heteroatoms. The fourth-order valence-corrected chi connectivity index (χ4v) is 5.07. The third-order valence-corrected chi connectivity index (χ3v) is 7.14. The van der Waals surface area contributed by atoms with Crippen LogP contribution in [-0.4, -0.2) is 44.9 Å². The van der Waals surface area contributed by atoms with E-state index < -0.39 is 27.7 Å². The smallest absolute Gasteiger partial charge is 0.379 e. The maximum Gasteiger partial charge on any atom is 0.416 e. The van der Waals surface area contributed by atoms with Gasteiger partial charge in [-0.25, -0.2) is 8.42 Å². The van der Waals surface area contributed by atoms with Crippen LogP contribution in [0.4, 0.5) is 18.9 Å². The maximum atomic E-state index is 12.9. The Bertz CT molecular complexity index is 1000. The van der Waals surface area contributed by atoms with Gasteiger partial charge in [-0.3, -0.25) is 4.79 Å². The molecule has 0 saturated carbocycles. The number of morpholine rings is 1. The van der Waals surface area contributed by atoms with Crippen LogP contribution in [0, 0.1) is 0 Å². The summed E-state index contributed by atoms with van der Waals surface area (Å²) in [5.41, 5.74) is -0.624. The Labute approximate surface area is 173 Å². The summed E-state index contributed by atoms with van der Waals surface area (Å²) in [5.74, 6) is -0.643. The van der Waals surface area contributed by atoms with Crippen LogP contribution in [0.25, 0.3) is 0 Å². The van der Waals surface area contributed by atoms with Crippen LogP contribution < -0.4 is 5.32 Å². The van der Waals surface area contributed by atoms with E-state index in [0.29, 0.717) is 4.47 Å². The summed E-state index contributed by atoms with van der Waals surface area (Å²) in [6.45, 7) is 0.976. The lowest BCUT2D eigenvalue weighted by Crippen LogP contribution is -2.40. The molecule has 1 heterocycles. The number of nitrogens with one attached hydrogen (secondary N) is 1. The van der Waals surface area contributed by atoms with Gasteiger partial charge in [-0.1, -0.05) is 0 Å². The normalized spacial score (nSPS) is 15.9. The van der Waals surface area contributed by atoms with Gasteiger partial charge >= 0.3 is 6.18 Å². The molecule has 1 fully saturated rings. The number of alkyl halides is 3. The number of benzene rings is 2. The van der Waals surface area contributed by atoms with Crippen LogP contribution in [0.3, 0.4) is 0 Å². The van der Waals surface area contributed by atoms with Gasteiger partial charge in [-0.15, -0.1) is 0 Å². The Morgan fingerprint density at radius 1 is 1.07 bits per heavy atom. The molecule has 3 rings (SSSR count). The minimum absolute atomic E-state index is 0.0555. The molecule has 2 aromatic rings. The Morgan fingerprint density at radius 3 is 2.28 bits per heavy atom. The van der Waals surface area contributed by atoms with Crippen molar-refractivity contribution in [3.05, 3.63) is 58.1 Å². The molecule has 0 spiro atoms. The first-order valence-corrected chi connectivity index (χ1v) is 10.7. The van der Waals surface area contributed by atoms with Crippen molar-refractivity contribution < 1.29 is 31.1 Å². The molecule has 1 saturated heterocycles. The molecule has 2 aromatic carbocycles. The second kappa shape index (κ2) is 8.42. The van der Waals surface area contributed by atoms with Crippen molar-refractivity contribution in [1.29, 1.82) is 0 Å². The van der Waals surface area contributed by atoms with Crippen molar-refractivity contribution in [2.24, 2.45) is 0 Å². The van der Waals surface area contributed by atoms with Crippen molar-refractivity contribution in [2.75, 3.05) is 31.6 Å². The van der Waals surface area contributed by atoms with Gasteiger partial charge in [0.25, 0.3) is 5.91 Å².